The zero-order valence-corrected chi connectivity index (χ0v) is 12.0. The van der Waals surface area contributed by atoms with Crippen LogP contribution in [-0.4, -0.2) is 46.7 Å². The molecule has 1 aliphatic heterocycles. The Morgan fingerprint density at radius 1 is 1.43 bits per heavy atom. The van der Waals surface area contributed by atoms with Crippen molar-refractivity contribution in [3.05, 3.63) is 35.9 Å². The number of carbonyl (C=O) groups is 2. The lowest BCUT2D eigenvalue weighted by Crippen LogP contribution is -2.50. The molecule has 1 aromatic rings. The van der Waals surface area contributed by atoms with E-state index in [1.165, 1.54) is 0 Å². The lowest BCUT2D eigenvalue weighted by Gasteiger charge is -2.22. The summed E-state index contributed by atoms with van der Waals surface area (Å²) in [5, 5.41) is 9.28. The summed E-state index contributed by atoms with van der Waals surface area (Å²) in [6.07, 6.45) is 0.0635. The molecule has 1 fully saturated rings. The third-order valence-electron chi connectivity index (χ3n) is 3.70. The molecule has 0 spiro atoms. The number of ether oxygens (including phenoxy) is 1. The van der Waals surface area contributed by atoms with Gasteiger partial charge in [-0.1, -0.05) is 30.3 Å². The van der Waals surface area contributed by atoms with Crippen LogP contribution in [0.1, 0.15) is 18.9 Å². The number of esters is 1. The van der Waals surface area contributed by atoms with Crippen molar-refractivity contribution in [3.63, 3.8) is 0 Å². The molecule has 6 nitrogen and oxygen atoms in total. The first-order chi connectivity index (χ1) is 9.96. The molecule has 0 radical (unpaired) electrons. The molecule has 0 bridgehead atoms. The molecule has 1 aromatic carbocycles. The Hall–Kier alpha value is -1.92. The maximum atomic E-state index is 12.0. The van der Waals surface area contributed by atoms with Gasteiger partial charge >= 0.3 is 11.9 Å². The summed E-state index contributed by atoms with van der Waals surface area (Å²) in [6.45, 7) is 2.58. The average Bonchev–Trinajstić information content (AvgIpc) is 2.79. The van der Waals surface area contributed by atoms with Crippen LogP contribution in [0.15, 0.2) is 30.3 Å². The topological polar surface area (TPSA) is 92.9 Å². The minimum atomic E-state index is -1.41. The van der Waals surface area contributed by atoms with Crippen LogP contribution in [0.4, 0.5) is 0 Å². The number of nitrogens with two attached hydrogens (primary N) is 1. The lowest BCUT2D eigenvalue weighted by molar-refractivity contribution is -0.148. The number of carboxylic acid groups (broad SMARTS) is 1. The highest BCUT2D eigenvalue weighted by Gasteiger charge is 2.49. The fraction of sp³-hybridized carbons (Fsp3) is 0.467. The molecule has 1 aliphatic rings. The summed E-state index contributed by atoms with van der Waals surface area (Å²) in [5.74, 6) is -1.51. The monoisotopic (exact) mass is 292 g/mol. The number of carboxylic acids is 1. The molecule has 114 valence electrons. The largest absolute Gasteiger partial charge is 0.480 e. The first-order valence-corrected chi connectivity index (χ1v) is 6.93. The van der Waals surface area contributed by atoms with Crippen molar-refractivity contribution < 1.29 is 19.4 Å². The number of likely N-dealkylation sites (tertiary alicyclic amines) is 1. The molecule has 0 amide bonds. The number of nitrogens with zero attached hydrogens (tertiary/aromatic N) is 1. The predicted octanol–water partition coefficient (Wildman–Crippen LogP) is 0.606. The van der Waals surface area contributed by atoms with Crippen molar-refractivity contribution in [3.8, 4) is 0 Å². The van der Waals surface area contributed by atoms with E-state index < -0.39 is 23.5 Å². The average molecular weight is 292 g/mol. The van der Waals surface area contributed by atoms with E-state index in [1.807, 2.05) is 30.3 Å². The molecule has 0 aliphatic carbocycles. The van der Waals surface area contributed by atoms with Crippen LogP contribution in [0.3, 0.4) is 0 Å². The van der Waals surface area contributed by atoms with Crippen molar-refractivity contribution >= 4 is 11.9 Å². The van der Waals surface area contributed by atoms with E-state index in [0.29, 0.717) is 6.54 Å². The van der Waals surface area contributed by atoms with Crippen LogP contribution in [0, 0.1) is 0 Å². The van der Waals surface area contributed by atoms with Crippen molar-refractivity contribution in [2.24, 2.45) is 5.73 Å². The summed E-state index contributed by atoms with van der Waals surface area (Å²) >= 11 is 0. The van der Waals surface area contributed by atoms with Crippen molar-refractivity contribution in [2.45, 2.75) is 31.5 Å². The second-order valence-electron chi connectivity index (χ2n) is 5.32. The summed E-state index contributed by atoms with van der Waals surface area (Å²) in [5.41, 5.74) is 5.51. The third-order valence-corrected chi connectivity index (χ3v) is 3.70. The molecule has 0 aromatic heterocycles. The van der Waals surface area contributed by atoms with Gasteiger partial charge in [-0.05, 0) is 12.5 Å². The van der Waals surface area contributed by atoms with Crippen LogP contribution >= 0.6 is 0 Å². The van der Waals surface area contributed by atoms with Gasteiger partial charge in [-0.25, -0.2) is 0 Å². The molecule has 21 heavy (non-hydrogen) atoms. The van der Waals surface area contributed by atoms with Crippen molar-refractivity contribution in [1.82, 2.24) is 4.90 Å². The molecule has 1 heterocycles. The fourth-order valence-corrected chi connectivity index (χ4v) is 2.62. The van der Waals surface area contributed by atoms with E-state index in [-0.39, 0.29) is 19.6 Å². The Morgan fingerprint density at radius 2 is 2.10 bits per heavy atom. The Bertz CT molecular complexity index is 520. The maximum Gasteiger partial charge on any atom is 0.325 e. The van der Waals surface area contributed by atoms with E-state index in [1.54, 1.807) is 11.8 Å². The van der Waals surface area contributed by atoms with Crippen molar-refractivity contribution in [1.29, 1.82) is 0 Å². The van der Waals surface area contributed by atoms with Gasteiger partial charge < -0.3 is 15.6 Å². The van der Waals surface area contributed by atoms with Gasteiger partial charge in [0, 0.05) is 19.5 Å². The maximum absolute atomic E-state index is 12.0. The minimum absolute atomic E-state index is 0.0635. The Morgan fingerprint density at radius 3 is 2.67 bits per heavy atom. The van der Waals surface area contributed by atoms with Gasteiger partial charge in [-0.15, -0.1) is 0 Å². The van der Waals surface area contributed by atoms with Crippen LogP contribution in [0.2, 0.25) is 0 Å². The first kappa shape index (κ1) is 15.5. The normalized spacial score (nSPS) is 25.7. The molecular formula is C15H20N2O4. The highest BCUT2D eigenvalue weighted by atomic mass is 16.5. The van der Waals surface area contributed by atoms with Gasteiger partial charge in [0.1, 0.15) is 11.6 Å². The standard InChI is InChI=1S/C15H20N2O4/c1-2-21-13(18)12-8-15(16,14(19)20)10-17(12)9-11-6-4-3-5-7-11/h3-7,12H,2,8-10,16H2,1H3,(H,19,20)/t12-,15-/m0/s1. The number of carbonyl (C=O) groups excluding carboxylic acids is 1. The third kappa shape index (κ3) is 3.40. The Labute approximate surface area is 123 Å². The van der Waals surface area contributed by atoms with E-state index in [9.17, 15) is 14.7 Å². The number of aliphatic carboxylic acids is 1. The molecule has 0 saturated carbocycles. The highest BCUT2D eigenvalue weighted by molar-refractivity contribution is 5.84. The quantitative estimate of drug-likeness (QED) is 0.772. The van der Waals surface area contributed by atoms with E-state index >= 15 is 0 Å². The second-order valence-corrected chi connectivity index (χ2v) is 5.32. The molecule has 6 heteroatoms. The SMILES string of the molecule is CCOC(=O)[C@@H]1C[C@@](N)(C(=O)O)CN1Cc1ccccc1. The number of hydrogen-bond donors (Lipinski definition) is 2. The number of hydrogen-bond acceptors (Lipinski definition) is 5. The van der Waals surface area contributed by atoms with Gasteiger partial charge in [0.2, 0.25) is 0 Å². The number of benzene rings is 1. The predicted molar refractivity (Wildman–Crippen MR) is 76.4 cm³/mol. The van der Waals surface area contributed by atoms with Crippen LogP contribution in [0.25, 0.3) is 0 Å². The van der Waals surface area contributed by atoms with Gasteiger partial charge in [-0.2, -0.15) is 0 Å². The summed E-state index contributed by atoms with van der Waals surface area (Å²) in [7, 11) is 0. The van der Waals surface area contributed by atoms with Crippen molar-refractivity contribution in [2.75, 3.05) is 13.2 Å². The van der Waals surface area contributed by atoms with Gasteiger partial charge in [-0.3, -0.25) is 14.5 Å². The summed E-state index contributed by atoms with van der Waals surface area (Å²) in [4.78, 5) is 25.2. The Balaban J connectivity index is 2.18. The van der Waals surface area contributed by atoms with Crippen LogP contribution in [-0.2, 0) is 20.9 Å². The lowest BCUT2D eigenvalue weighted by atomic mass is 9.98. The fourth-order valence-electron chi connectivity index (χ4n) is 2.62. The first-order valence-electron chi connectivity index (χ1n) is 6.93. The second kappa shape index (κ2) is 6.24. The molecule has 2 rings (SSSR count). The smallest absolute Gasteiger partial charge is 0.325 e. The highest BCUT2D eigenvalue weighted by Crippen LogP contribution is 2.28. The molecular weight excluding hydrogens is 272 g/mol. The molecule has 3 N–H and O–H groups in total. The van der Waals surface area contributed by atoms with Crippen LogP contribution < -0.4 is 5.73 Å². The van der Waals surface area contributed by atoms with E-state index in [0.717, 1.165) is 5.56 Å². The summed E-state index contributed by atoms with van der Waals surface area (Å²) in [6, 6.07) is 8.95. The Kier molecular flexibility index (Phi) is 4.59. The zero-order valence-electron chi connectivity index (χ0n) is 12.0. The zero-order chi connectivity index (χ0) is 15.5. The van der Waals surface area contributed by atoms with Gasteiger partial charge in [0.15, 0.2) is 0 Å². The molecule has 1 saturated heterocycles. The molecule has 2 atom stereocenters. The van der Waals surface area contributed by atoms with E-state index in [4.69, 9.17) is 10.5 Å². The van der Waals surface area contributed by atoms with Crippen LogP contribution in [0.5, 0.6) is 0 Å². The molecule has 0 unspecified atom stereocenters. The van der Waals surface area contributed by atoms with E-state index in [2.05, 4.69) is 0 Å². The van der Waals surface area contributed by atoms with Gasteiger partial charge in [0.05, 0.1) is 6.61 Å². The minimum Gasteiger partial charge on any atom is -0.480 e. The number of rotatable bonds is 5. The van der Waals surface area contributed by atoms with Gasteiger partial charge in [0.25, 0.3) is 0 Å². The summed E-state index contributed by atoms with van der Waals surface area (Å²) < 4.78 is 5.04.